The van der Waals surface area contributed by atoms with E-state index in [0.29, 0.717) is 29.6 Å². The Bertz CT molecular complexity index is 615. The lowest BCUT2D eigenvalue weighted by Crippen LogP contribution is -2.56. The van der Waals surface area contributed by atoms with Crippen molar-refractivity contribution in [3.63, 3.8) is 0 Å². The van der Waals surface area contributed by atoms with Gasteiger partial charge in [0.1, 0.15) is 11.1 Å². The molecule has 20 heavy (non-hydrogen) atoms. The molecule has 0 aromatic carbocycles. The SMILES string of the molecule is O=C(c1cccnc1)N1CC(Oc2ncccc2Cl)C1. The molecule has 0 unspecified atom stereocenters. The summed E-state index contributed by atoms with van der Waals surface area (Å²) in [6.07, 6.45) is 4.76. The summed E-state index contributed by atoms with van der Waals surface area (Å²) in [4.78, 5) is 21.8. The van der Waals surface area contributed by atoms with E-state index in [2.05, 4.69) is 9.97 Å². The number of carbonyl (C=O) groups is 1. The second-order valence-corrected chi connectivity index (χ2v) is 4.89. The van der Waals surface area contributed by atoms with E-state index < -0.39 is 0 Å². The number of carbonyl (C=O) groups excluding carboxylic acids is 1. The number of pyridine rings is 2. The number of nitrogens with zero attached hydrogens (tertiary/aromatic N) is 3. The quantitative estimate of drug-likeness (QED) is 0.867. The number of ether oxygens (including phenoxy) is 1. The highest BCUT2D eigenvalue weighted by Crippen LogP contribution is 2.24. The highest BCUT2D eigenvalue weighted by atomic mass is 35.5. The molecule has 0 bridgehead atoms. The van der Waals surface area contributed by atoms with Crippen LogP contribution in [0.25, 0.3) is 0 Å². The maximum atomic E-state index is 12.1. The molecule has 1 aliphatic heterocycles. The summed E-state index contributed by atoms with van der Waals surface area (Å²) in [5.74, 6) is 0.373. The average Bonchev–Trinajstić information content (AvgIpc) is 2.44. The van der Waals surface area contributed by atoms with E-state index in [1.807, 2.05) is 0 Å². The number of halogens is 1. The van der Waals surface area contributed by atoms with Gasteiger partial charge in [0.15, 0.2) is 0 Å². The summed E-state index contributed by atoms with van der Waals surface area (Å²) in [6, 6.07) is 6.96. The van der Waals surface area contributed by atoms with Crippen LogP contribution in [0.5, 0.6) is 5.88 Å². The Kier molecular flexibility index (Phi) is 3.52. The molecular weight excluding hydrogens is 278 g/mol. The summed E-state index contributed by atoms with van der Waals surface area (Å²) < 4.78 is 5.64. The molecule has 0 spiro atoms. The van der Waals surface area contributed by atoms with E-state index in [9.17, 15) is 4.79 Å². The fourth-order valence-corrected chi connectivity index (χ4v) is 2.13. The third-order valence-electron chi connectivity index (χ3n) is 3.05. The molecule has 1 aliphatic rings. The predicted molar refractivity (Wildman–Crippen MR) is 73.8 cm³/mol. The van der Waals surface area contributed by atoms with Crippen molar-refractivity contribution in [3.8, 4) is 5.88 Å². The van der Waals surface area contributed by atoms with Crippen molar-refractivity contribution < 1.29 is 9.53 Å². The summed E-state index contributed by atoms with van der Waals surface area (Å²) in [7, 11) is 0. The van der Waals surface area contributed by atoms with Gasteiger partial charge >= 0.3 is 0 Å². The molecule has 102 valence electrons. The van der Waals surface area contributed by atoms with Gasteiger partial charge in [-0.2, -0.15) is 0 Å². The zero-order valence-corrected chi connectivity index (χ0v) is 11.3. The van der Waals surface area contributed by atoms with Gasteiger partial charge in [-0.05, 0) is 24.3 Å². The minimum absolute atomic E-state index is 0.0370. The van der Waals surface area contributed by atoms with E-state index in [1.54, 1.807) is 47.8 Å². The third-order valence-corrected chi connectivity index (χ3v) is 3.33. The van der Waals surface area contributed by atoms with Crippen LogP contribution in [0.3, 0.4) is 0 Å². The van der Waals surface area contributed by atoms with Crippen LogP contribution in [-0.2, 0) is 0 Å². The first-order chi connectivity index (χ1) is 9.74. The topological polar surface area (TPSA) is 55.3 Å². The number of rotatable bonds is 3. The molecule has 3 rings (SSSR count). The van der Waals surface area contributed by atoms with E-state index in [-0.39, 0.29) is 12.0 Å². The molecular formula is C14H12ClN3O2. The molecule has 2 aromatic rings. The van der Waals surface area contributed by atoms with Gasteiger partial charge in [-0.3, -0.25) is 9.78 Å². The Morgan fingerprint density at radius 3 is 2.80 bits per heavy atom. The second-order valence-electron chi connectivity index (χ2n) is 4.48. The van der Waals surface area contributed by atoms with Crippen LogP contribution in [0.1, 0.15) is 10.4 Å². The van der Waals surface area contributed by atoms with Gasteiger partial charge in [0, 0.05) is 18.6 Å². The molecule has 0 radical (unpaired) electrons. The van der Waals surface area contributed by atoms with E-state index in [0.717, 1.165) is 0 Å². The molecule has 1 fully saturated rings. The van der Waals surface area contributed by atoms with Crippen molar-refractivity contribution in [2.75, 3.05) is 13.1 Å². The predicted octanol–water partition coefficient (Wildman–Crippen LogP) is 2.03. The van der Waals surface area contributed by atoms with Crippen molar-refractivity contribution in [3.05, 3.63) is 53.4 Å². The Labute approximate surface area is 121 Å². The average molecular weight is 290 g/mol. The largest absolute Gasteiger partial charge is 0.470 e. The minimum atomic E-state index is -0.0666. The van der Waals surface area contributed by atoms with Gasteiger partial charge in [-0.25, -0.2) is 4.98 Å². The van der Waals surface area contributed by atoms with Crippen molar-refractivity contribution in [1.82, 2.24) is 14.9 Å². The van der Waals surface area contributed by atoms with Crippen LogP contribution < -0.4 is 4.74 Å². The van der Waals surface area contributed by atoms with Gasteiger partial charge in [-0.15, -0.1) is 0 Å². The maximum Gasteiger partial charge on any atom is 0.255 e. The monoisotopic (exact) mass is 289 g/mol. The lowest BCUT2D eigenvalue weighted by molar-refractivity contribution is 0.0160. The summed E-state index contributed by atoms with van der Waals surface area (Å²) >= 11 is 5.97. The highest BCUT2D eigenvalue weighted by molar-refractivity contribution is 6.31. The summed E-state index contributed by atoms with van der Waals surface area (Å²) in [5.41, 5.74) is 0.585. The zero-order valence-electron chi connectivity index (χ0n) is 10.6. The molecule has 1 amide bonds. The molecule has 3 heterocycles. The van der Waals surface area contributed by atoms with Gasteiger partial charge in [0.05, 0.1) is 18.7 Å². The first-order valence-corrected chi connectivity index (χ1v) is 6.58. The Morgan fingerprint density at radius 2 is 2.10 bits per heavy atom. The molecule has 0 atom stereocenters. The van der Waals surface area contributed by atoms with Gasteiger partial charge in [0.25, 0.3) is 5.91 Å². The smallest absolute Gasteiger partial charge is 0.255 e. The lowest BCUT2D eigenvalue weighted by atomic mass is 10.1. The Balaban J connectivity index is 1.57. The normalized spacial score (nSPS) is 14.8. The third kappa shape index (κ3) is 2.58. The van der Waals surface area contributed by atoms with Crippen LogP contribution in [0, 0.1) is 0 Å². The summed E-state index contributed by atoms with van der Waals surface area (Å²) in [6.45, 7) is 1.06. The van der Waals surface area contributed by atoms with Crippen molar-refractivity contribution >= 4 is 17.5 Å². The number of amides is 1. The van der Waals surface area contributed by atoms with Crippen LogP contribution >= 0.6 is 11.6 Å². The fraction of sp³-hybridized carbons (Fsp3) is 0.214. The molecule has 1 saturated heterocycles. The molecule has 0 saturated carbocycles. The van der Waals surface area contributed by atoms with Gasteiger partial charge < -0.3 is 9.64 Å². The lowest BCUT2D eigenvalue weighted by Gasteiger charge is -2.38. The number of aromatic nitrogens is 2. The van der Waals surface area contributed by atoms with E-state index in [1.165, 1.54) is 0 Å². The number of hydrogen-bond acceptors (Lipinski definition) is 4. The van der Waals surface area contributed by atoms with Crippen LogP contribution in [-0.4, -0.2) is 40.0 Å². The van der Waals surface area contributed by atoms with E-state index in [4.69, 9.17) is 16.3 Å². The van der Waals surface area contributed by atoms with Gasteiger partial charge in [-0.1, -0.05) is 11.6 Å². The second kappa shape index (κ2) is 5.46. The maximum absolute atomic E-state index is 12.1. The highest BCUT2D eigenvalue weighted by Gasteiger charge is 2.33. The zero-order chi connectivity index (χ0) is 13.9. The minimum Gasteiger partial charge on any atom is -0.470 e. The molecule has 5 nitrogen and oxygen atoms in total. The summed E-state index contributed by atoms with van der Waals surface area (Å²) in [5, 5.41) is 0.476. The standard InChI is InChI=1S/C14H12ClN3O2/c15-12-4-2-6-17-13(12)20-11-8-18(9-11)14(19)10-3-1-5-16-7-10/h1-7,11H,8-9H2. The van der Waals surface area contributed by atoms with E-state index >= 15 is 0 Å². The van der Waals surface area contributed by atoms with Crippen LogP contribution in [0.2, 0.25) is 5.02 Å². The molecule has 2 aromatic heterocycles. The Morgan fingerprint density at radius 1 is 1.30 bits per heavy atom. The van der Waals surface area contributed by atoms with Gasteiger partial charge in [0.2, 0.25) is 5.88 Å². The number of hydrogen-bond donors (Lipinski definition) is 0. The first kappa shape index (κ1) is 12.9. The van der Waals surface area contributed by atoms with Crippen molar-refractivity contribution in [2.45, 2.75) is 6.10 Å². The van der Waals surface area contributed by atoms with Crippen molar-refractivity contribution in [2.24, 2.45) is 0 Å². The number of likely N-dealkylation sites (tertiary alicyclic amines) is 1. The molecule has 6 heteroatoms. The molecule has 0 aliphatic carbocycles. The van der Waals surface area contributed by atoms with Crippen molar-refractivity contribution in [1.29, 1.82) is 0 Å². The molecule has 0 N–H and O–H groups in total. The van der Waals surface area contributed by atoms with Crippen LogP contribution in [0.15, 0.2) is 42.9 Å². The Hall–Kier alpha value is -2.14. The fourth-order valence-electron chi connectivity index (χ4n) is 1.97. The van der Waals surface area contributed by atoms with Crippen LogP contribution in [0.4, 0.5) is 0 Å². The first-order valence-electron chi connectivity index (χ1n) is 6.20.